The molecule has 0 aromatic heterocycles. The molecule has 18 heavy (non-hydrogen) atoms. The molecular formula is C11H25N3O3S. The molecule has 1 rings (SSSR count). The van der Waals surface area contributed by atoms with E-state index >= 15 is 0 Å². The number of methoxy groups -OCH3 is 1. The van der Waals surface area contributed by atoms with Crippen molar-refractivity contribution in [1.29, 1.82) is 0 Å². The maximum Gasteiger partial charge on any atom is 0.279 e. The maximum absolute atomic E-state index is 12.3. The number of nitrogens with zero attached hydrogens (tertiary/aromatic N) is 1. The number of rotatable bonds is 8. The Kier molecular flexibility index (Phi) is 6.51. The molecule has 7 heteroatoms. The fraction of sp³-hybridized carbons (Fsp3) is 1.00. The Morgan fingerprint density at radius 3 is 2.39 bits per heavy atom. The van der Waals surface area contributed by atoms with E-state index in [1.807, 2.05) is 13.8 Å². The van der Waals surface area contributed by atoms with E-state index in [-0.39, 0.29) is 12.1 Å². The van der Waals surface area contributed by atoms with E-state index in [1.165, 1.54) is 4.31 Å². The first-order valence-electron chi connectivity index (χ1n) is 6.56. The van der Waals surface area contributed by atoms with Crippen LogP contribution in [0, 0.1) is 0 Å². The summed E-state index contributed by atoms with van der Waals surface area (Å²) >= 11 is 0. The van der Waals surface area contributed by atoms with Gasteiger partial charge in [-0.25, -0.2) is 0 Å². The largest absolute Gasteiger partial charge is 0.378 e. The van der Waals surface area contributed by atoms with Crippen molar-refractivity contribution in [2.45, 2.75) is 38.8 Å². The fourth-order valence-electron chi connectivity index (χ4n) is 2.14. The SMILES string of the molecule is CCCN(CCC)S(=O)(=O)NC1CNC[C@H]1OC. The van der Waals surface area contributed by atoms with Crippen LogP contribution in [0.2, 0.25) is 0 Å². The lowest BCUT2D eigenvalue weighted by molar-refractivity contribution is 0.102. The van der Waals surface area contributed by atoms with Crippen LogP contribution in [0.15, 0.2) is 0 Å². The highest BCUT2D eigenvalue weighted by Gasteiger charge is 2.32. The van der Waals surface area contributed by atoms with Crippen LogP contribution in [0.25, 0.3) is 0 Å². The van der Waals surface area contributed by atoms with Crippen LogP contribution in [0.5, 0.6) is 0 Å². The van der Waals surface area contributed by atoms with Gasteiger partial charge in [-0.15, -0.1) is 0 Å². The van der Waals surface area contributed by atoms with Crippen LogP contribution < -0.4 is 10.0 Å². The molecule has 108 valence electrons. The Morgan fingerprint density at radius 2 is 1.89 bits per heavy atom. The van der Waals surface area contributed by atoms with E-state index in [2.05, 4.69) is 10.0 Å². The smallest absolute Gasteiger partial charge is 0.279 e. The van der Waals surface area contributed by atoms with Gasteiger partial charge in [-0.1, -0.05) is 13.8 Å². The van der Waals surface area contributed by atoms with Crippen molar-refractivity contribution in [3.8, 4) is 0 Å². The molecule has 1 fully saturated rings. The lowest BCUT2D eigenvalue weighted by atomic mass is 10.2. The van der Waals surface area contributed by atoms with Gasteiger partial charge in [-0.3, -0.25) is 0 Å². The number of nitrogens with one attached hydrogen (secondary N) is 2. The van der Waals surface area contributed by atoms with Crippen LogP contribution in [0.3, 0.4) is 0 Å². The van der Waals surface area contributed by atoms with Crippen LogP contribution in [0.4, 0.5) is 0 Å². The lowest BCUT2D eigenvalue weighted by Crippen LogP contribution is -2.50. The van der Waals surface area contributed by atoms with Crippen molar-refractivity contribution < 1.29 is 13.2 Å². The van der Waals surface area contributed by atoms with E-state index in [0.717, 1.165) is 12.8 Å². The van der Waals surface area contributed by atoms with Crippen molar-refractivity contribution >= 4 is 10.2 Å². The Labute approximate surface area is 110 Å². The molecule has 1 saturated heterocycles. The van der Waals surface area contributed by atoms with Crippen LogP contribution in [-0.4, -0.2) is 58.2 Å². The summed E-state index contributed by atoms with van der Waals surface area (Å²) in [7, 11) is -1.80. The third-order valence-corrected chi connectivity index (χ3v) is 4.69. The average molecular weight is 279 g/mol. The Balaban J connectivity index is 2.66. The minimum absolute atomic E-state index is 0.0927. The summed E-state index contributed by atoms with van der Waals surface area (Å²) in [5.74, 6) is 0. The normalized spacial score (nSPS) is 24.9. The first-order valence-corrected chi connectivity index (χ1v) is 8.00. The van der Waals surface area contributed by atoms with Gasteiger partial charge < -0.3 is 10.1 Å². The minimum atomic E-state index is -3.41. The van der Waals surface area contributed by atoms with Gasteiger partial charge in [0.2, 0.25) is 0 Å². The fourth-order valence-corrected chi connectivity index (χ4v) is 3.75. The highest BCUT2D eigenvalue weighted by molar-refractivity contribution is 7.87. The van der Waals surface area contributed by atoms with Crippen molar-refractivity contribution in [3.63, 3.8) is 0 Å². The second-order valence-corrected chi connectivity index (χ2v) is 6.26. The second-order valence-electron chi connectivity index (χ2n) is 4.56. The molecule has 0 saturated carbocycles. The zero-order valence-corrected chi connectivity index (χ0v) is 12.3. The van der Waals surface area contributed by atoms with Gasteiger partial charge in [-0.2, -0.15) is 17.4 Å². The van der Waals surface area contributed by atoms with Crippen molar-refractivity contribution in [2.24, 2.45) is 0 Å². The molecule has 2 N–H and O–H groups in total. The van der Waals surface area contributed by atoms with Gasteiger partial charge in [0.1, 0.15) is 0 Å². The molecule has 0 radical (unpaired) electrons. The predicted molar refractivity (Wildman–Crippen MR) is 71.7 cm³/mol. The van der Waals surface area contributed by atoms with E-state index in [9.17, 15) is 8.42 Å². The summed E-state index contributed by atoms with van der Waals surface area (Å²) in [4.78, 5) is 0. The highest BCUT2D eigenvalue weighted by atomic mass is 32.2. The molecule has 0 aromatic rings. The molecule has 0 amide bonds. The predicted octanol–water partition coefficient (Wildman–Crippen LogP) is -0.0704. The monoisotopic (exact) mass is 279 g/mol. The van der Waals surface area contributed by atoms with E-state index in [4.69, 9.17) is 4.74 Å². The van der Waals surface area contributed by atoms with E-state index in [1.54, 1.807) is 7.11 Å². The Bertz CT molecular complexity index is 328. The molecule has 1 aliphatic heterocycles. The van der Waals surface area contributed by atoms with Gasteiger partial charge in [-0.05, 0) is 12.8 Å². The second kappa shape index (κ2) is 7.40. The summed E-state index contributed by atoms with van der Waals surface area (Å²) in [6.45, 7) is 6.37. The van der Waals surface area contributed by atoms with Crippen molar-refractivity contribution in [1.82, 2.24) is 14.3 Å². The van der Waals surface area contributed by atoms with Gasteiger partial charge >= 0.3 is 0 Å². The molecule has 0 spiro atoms. The van der Waals surface area contributed by atoms with Crippen LogP contribution in [-0.2, 0) is 14.9 Å². The molecule has 2 atom stereocenters. The Morgan fingerprint density at radius 1 is 1.28 bits per heavy atom. The molecule has 0 aromatic carbocycles. The molecule has 0 aliphatic carbocycles. The summed E-state index contributed by atoms with van der Waals surface area (Å²) < 4.78 is 34.0. The van der Waals surface area contributed by atoms with Gasteiger partial charge in [0.15, 0.2) is 0 Å². The zero-order chi connectivity index (χ0) is 13.6. The van der Waals surface area contributed by atoms with Crippen molar-refractivity contribution in [3.05, 3.63) is 0 Å². The van der Waals surface area contributed by atoms with Gasteiger partial charge in [0.05, 0.1) is 12.1 Å². The van der Waals surface area contributed by atoms with E-state index < -0.39 is 10.2 Å². The maximum atomic E-state index is 12.3. The molecule has 1 aliphatic rings. The third kappa shape index (κ3) is 4.17. The molecule has 6 nitrogen and oxygen atoms in total. The minimum Gasteiger partial charge on any atom is -0.378 e. The van der Waals surface area contributed by atoms with Gasteiger partial charge in [0.25, 0.3) is 10.2 Å². The summed E-state index contributed by atoms with van der Waals surface area (Å²) in [6.07, 6.45) is 1.54. The number of hydrogen-bond acceptors (Lipinski definition) is 4. The molecule has 1 heterocycles. The standard InChI is InChI=1S/C11H25N3O3S/c1-4-6-14(7-5-2)18(15,16)13-10-8-12-9-11(10)17-3/h10-13H,4-9H2,1-3H3/t10?,11-/m1/s1. The zero-order valence-electron chi connectivity index (χ0n) is 11.5. The van der Waals surface area contributed by atoms with E-state index in [0.29, 0.717) is 26.2 Å². The van der Waals surface area contributed by atoms with Gasteiger partial charge in [0, 0.05) is 33.3 Å². The molecule has 1 unspecified atom stereocenters. The highest BCUT2D eigenvalue weighted by Crippen LogP contribution is 2.08. The number of ether oxygens (including phenoxy) is 1. The average Bonchev–Trinajstić information content (AvgIpc) is 2.75. The third-order valence-electron chi connectivity index (χ3n) is 3.05. The van der Waals surface area contributed by atoms with Crippen LogP contribution in [0.1, 0.15) is 26.7 Å². The number of hydrogen-bond donors (Lipinski definition) is 2. The summed E-state index contributed by atoms with van der Waals surface area (Å²) in [5.41, 5.74) is 0. The topological polar surface area (TPSA) is 70.7 Å². The lowest BCUT2D eigenvalue weighted by Gasteiger charge is -2.25. The van der Waals surface area contributed by atoms with Crippen molar-refractivity contribution in [2.75, 3.05) is 33.3 Å². The molecular weight excluding hydrogens is 254 g/mol. The Hall–Kier alpha value is -0.210. The van der Waals surface area contributed by atoms with Crippen LogP contribution >= 0.6 is 0 Å². The summed E-state index contributed by atoms with van der Waals surface area (Å²) in [5, 5.41) is 3.13. The first kappa shape index (κ1) is 15.8. The quantitative estimate of drug-likeness (QED) is 0.652. The summed E-state index contributed by atoms with van der Waals surface area (Å²) in [6, 6.07) is -0.184. The molecule has 0 bridgehead atoms. The first-order chi connectivity index (χ1) is 8.55.